The molecule has 0 aromatic heterocycles. The van der Waals surface area contributed by atoms with E-state index in [1.807, 2.05) is 13.0 Å². The van der Waals surface area contributed by atoms with E-state index in [1.165, 1.54) is 18.2 Å². The monoisotopic (exact) mass is 288 g/mol. The fourth-order valence-electron chi connectivity index (χ4n) is 1.90. The smallest absolute Gasteiger partial charge is 0.262 e. The van der Waals surface area contributed by atoms with Crippen molar-refractivity contribution in [1.82, 2.24) is 0 Å². The topological polar surface area (TPSA) is 64.3 Å². The number of benzene rings is 2. The van der Waals surface area contributed by atoms with Crippen molar-refractivity contribution < 1.29 is 13.9 Å². The predicted octanol–water partition coefficient (Wildman–Crippen LogP) is 3.04. The van der Waals surface area contributed by atoms with E-state index >= 15 is 0 Å². The van der Waals surface area contributed by atoms with E-state index in [9.17, 15) is 9.18 Å². The standard InChI is InChI=1S/C16H17FN2O2/c1-10-3-5-14(13(18)7-10)19-16(20)9-21-15-6-4-12(17)8-11(15)2/h3-8H,9,18H2,1-2H3,(H,19,20). The summed E-state index contributed by atoms with van der Waals surface area (Å²) in [7, 11) is 0. The molecule has 0 fully saturated rings. The van der Waals surface area contributed by atoms with Crippen LogP contribution in [0, 0.1) is 19.7 Å². The summed E-state index contributed by atoms with van der Waals surface area (Å²) in [6.45, 7) is 3.47. The maximum Gasteiger partial charge on any atom is 0.262 e. The summed E-state index contributed by atoms with van der Waals surface area (Å²) in [5, 5.41) is 2.68. The zero-order chi connectivity index (χ0) is 15.4. The van der Waals surface area contributed by atoms with E-state index in [0.717, 1.165) is 5.56 Å². The first kappa shape index (κ1) is 14.8. The van der Waals surface area contributed by atoms with Crippen molar-refractivity contribution in [1.29, 1.82) is 0 Å². The minimum Gasteiger partial charge on any atom is -0.483 e. The SMILES string of the molecule is Cc1ccc(NC(=O)COc2ccc(F)cc2C)c(N)c1. The van der Waals surface area contributed by atoms with Crippen molar-refractivity contribution in [2.45, 2.75) is 13.8 Å². The van der Waals surface area contributed by atoms with Crippen molar-refractivity contribution in [3.8, 4) is 5.75 Å². The van der Waals surface area contributed by atoms with Crippen LogP contribution in [0.2, 0.25) is 0 Å². The van der Waals surface area contributed by atoms with Gasteiger partial charge in [0.1, 0.15) is 11.6 Å². The first-order valence-corrected chi connectivity index (χ1v) is 6.50. The maximum absolute atomic E-state index is 13.0. The third-order valence-corrected chi connectivity index (χ3v) is 2.98. The van der Waals surface area contributed by atoms with Crippen LogP contribution in [-0.2, 0) is 4.79 Å². The molecule has 110 valence electrons. The van der Waals surface area contributed by atoms with Crippen molar-refractivity contribution in [3.63, 3.8) is 0 Å². The summed E-state index contributed by atoms with van der Waals surface area (Å²) in [6, 6.07) is 9.52. The highest BCUT2D eigenvalue weighted by molar-refractivity contribution is 5.94. The lowest BCUT2D eigenvalue weighted by atomic mass is 10.2. The number of carbonyl (C=O) groups excluding carboxylic acids is 1. The zero-order valence-electron chi connectivity index (χ0n) is 11.9. The first-order valence-electron chi connectivity index (χ1n) is 6.50. The van der Waals surface area contributed by atoms with Gasteiger partial charge >= 0.3 is 0 Å². The van der Waals surface area contributed by atoms with Crippen LogP contribution in [0.4, 0.5) is 15.8 Å². The van der Waals surface area contributed by atoms with Gasteiger partial charge < -0.3 is 15.8 Å². The molecule has 0 aliphatic heterocycles. The molecule has 0 bridgehead atoms. The number of amides is 1. The van der Waals surface area contributed by atoms with E-state index in [-0.39, 0.29) is 18.3 Å². The van der Waals surface area contributed by atoms with Gasteiger partial charge in [0.15, 0.2) is 6.61 Å². The number of nitrogens with one attached hydrogen (secondary N) is 1. The average molecular weight is 288 g/mol. The van der Waals surface area contributed by atoms with Gasteiger partial charge in [-0.1, -0.05) is 6.07 Å². The van der Waals surface area contributed by atoms with Crippen LogP contribution >= 0.6 is 0 Å². The number of rotatable bonds is 4. The quantitative estimate of drug-likeness (QED) is 0.850. The number of carbonyl (C=O) groups is 1. The molecule has 0 radical (unpaired) electrons. The van der Waals surface area contributed by atoms with Crippen LogP contribution in [0.3, 0.4) is 0 Å². The lowest BCUT2D eigenvalue weighted by Gasteiger charge is -2.11. The summed E-state index contributed by atoms with van der Waals surface area (Å²) in [5.41, 5.74) is 8.52. The van der Waals surface area contributed by atoms with E-state index in [4.69, 9.17) is 10.5 Å². The van der Waals surface area contributed by atoms with Gasteiger partial charge in [-0.15, -0.1) is 0 Å². The summed E-state index contributed by atoms with van der Waals surface area (Å²) in [4.78, 5) is 11.8. The number of hydrogen-bond donors (Lipinski definition) is 2. The molecule has 0 unspecified atom stereocenters. The Morgan fingerprint density at radius 1 is 1.24 bits per heavy atom. The van der Waals surface area contributed by atoms with E-state index in [0.29, 0.717) is 22.7 Å². The Morgan fingerprint density at radius 3 is 2.67 bits per heavy atom. The summed E-state index contributed by atoms with van der Waals surface area (Å²) < 4.78 is 18.3. The number of halogens is 1. The van der Waals surface area contributed by atoms with Gasteiger partial charge in [-0.3, -0.25) is 4.79 Å². The average Bonchev–Trinajstić information content (AvgIpc) is 2.41. The number of anilines is 2. The molecule has 2 aromatic carbocycles. The number of nitrogen functional groups attached to an aromatic ring is 1. The number of aryl methyl sites for hydroxylation is 2. The molecule has 0 saturated carbocycles. The highest BCUT2D eigenvalue weighted by atomic mass is 19.1. The molecular weight excluding hydrogens is 271 g/mol. The van der Waals surface area contributed by atoms with Gasteiger partial charge in [0, 0.05) is 0 Å². The minimum atomic E-state index is -0.336. The van der Waals surface area contributed by atoms with Gasteiger partial charge in [0.05, 0.1) is 11.4 Å². The molecular formula is C16H17FN2O2. The third kappa shape index (κ3) is 3.95. The second-order valence-corrected chi connectivity index (χ2v) is 4.84. The van der Waals surface area contributed by atoms with E-state index in [2.05, 4.69) is 5.32 Å². The summed E-state index contributed by atoms with van der Waals surface area (Å²) in [5.74, 6) is -0.186. The zero-order valence-corrected chi connectivity index (χ0v) is 11.9. The molecule has 0 heterocycles. The van der Waals surface area contributed by atoms with Gasteiger partial charge in [0.2, 0.25) is 0 Å². The molecule has 0 aliphatic carbocycles. The normalized spacial score (nSPS) is 10.2. The first-order chi connectivity index (χ1) is 9.95. The number of hydrogen-bond acceptors (Lipinski definition) is 3. The molecule has 3 N–H and O–H groups in total. The van der Waals surface area contributed by atoms with Crippen LogP contribution in [0.25, 0.3) is 0 Å². The lowest BCUT2D eigenvalue weighted by Crippen LogP contribution is -2.21. The predicted molar refractivity (Wildman–Crippen MR) is 80.9 cm³/mol. The molecule has 0 aliphatic rings. The van der Waals surface area contributed by atoms with Gasteiger partial charge in [-0.05, 0) is 55.3 Å². The van der Waals surface area contributed by atoms with Crippen LogP contribution in [0.15, 0.2) is 36.4 Å². The van der Waals surface area contributed by atoms with Crippen molar-refractivity contribution in [2.24, 2.45) is 0 Å². The molecule has 0 spiro atoms. The Bertz CT molecular complexity index is 671. The fourth-order valence-corrected chi connectivity index (χ4v) is 1.90. The minimum absolute atomic E-state index is 0.167. The Kier molecular flexibility index (Phi) is 4.42. The fraction of sp³-hybridized carbons (Fsp3) is 0.188. The van der Waals surface area contributed by atoms with Crippen LogP contribution in [-0.4, -0.2) is 12.5 Å². The van der Waals surface area contributed by atoms with Crippen LogP contribution in [0.5, 0.6) is 5.75 Å². The van der Waals surface area contributed by atoms with Crippen molar-refractivity contribution >= 4 is 17.3 Å². The molecule has 5 heteroatoms. The highest BCUT2D eigenvalue weighted by Crippen LogP contribution is 2.20. The highest BCUT2D eigenvalue weighted by Gasteiger charge is 2.08. The van der Waals surface area contributed by atoms with Crippen LogP contribution < -0.4 is 15.8 Å². The molecule has 21 heavy (non-hydrogen) atoms. The molecule has 2 aromatic rings. The number of ether oxygens (including phenoxy) is 1. The van der Waals surface area contributed by atoms with Gasteiger partial charge in [0.25, 0.3) is 5.91 Å². The summed E-state index contributed by atoms with van der Waals surface area (Å²) in [6.07, 6.45) is 0. The Hall–Kier alpha value is -2.56. The molecule has 0 saturated heterocycles. The van der Waals surface area contributed by atoms with E-state index in [1.54, 1.807) is 19.1 Å². The second kappa shape index (κ2) is 6.26. The maximum atomic E-state index is 13.0. The lowest BCUT2D eigenvalue weighted by molar-refractivity contribution is -0.118. The Labute approximate surface area is 122 Å². The molecule has 4 nitrogen and oxygen atoms in total. The van der Waals surface area contributed by atoms with Crippen molar-refractivity contribution in [3.05, 3.63) is 53.3 Å². The molecule has 2 rings (SSSR count). The van der Waals surface area contributed by atoms with Gasteiger partial charge in [-0.25, -0.2) is 4.39 Å². The second-order valence-electron chi connectivity index (χ2n) is 4.84. The Balaban J connectivity index is 1.96. The molecule has 1 amide bonds. The Morgan fingerprint density at radius 2 is 2.00 bits per heavy atom. The van der Waals surface area contributed by atoms with Crippen LogP contribution in [0.1, 0.15) is 11.1 Å². The molecule has 0 atom stereocenters. The van der Waals surface area contributed by atoms with E-state index < -0.39 is 0 Å². The third-order valence-electron chi connectivity index (χ3n) is 2.98. The van der Waals surface area contributed by atoms with Crippen molar-refractivity contribution in [2.75, 3.05) is 17.7 Å². The van der Waals surface area contributed by atoms with Gasteiger partial charge in [-0.2, -0.15) is 0 Å². The largest absolute Gasteiger partial charge is 0.483 e. The number of nitrogens with two attached hydrogens (primary N) is 1. The summed E-state index contributed by atoms with van der Waals surface area (Å²) >= 11 is 0.